The number of hydrogen-bond acceptors (Lipinski definition) is 3. The number of ketones is 1. The van der Waals surface area contributed by atoms with Crippen LogP contribution >= 0.6 is 11.3 Å². The number of hydrogen-bond donors (Lipinski definition) is 1. The molecule has 0 unspecified atom stereocenters. The largest absolute Gasteiger partial charge is 0.351 e. The lowest BCUT2D eigenvalue weighted by molar-refractivity contribution is 0.0949. The van der Waals surface area contributed by atoms with Crippen LogP contribution in [0.1, 0.15) is 46.0 Å². The van der Waals surface area contributed by atoms with Crippen LogP contribution in [-0.4, -0.2) is 18.2 Å². The maximum atomic E-state index is 12.0. The van der Waals surface area contributed by atoms with Crippen molar-refractivity contribution in [3.8, 4) is 0 Å². The van der Waals surface area contributed by atoms with Gasteiger partial charge in [-0.05, 0) is 47.4 Å². The monoisotopic (exact) mass is 287 g/mol. The maximum absolute atomic E-state index is 12.0. The van der Waals surface area contributed by atoms with Gasteiger partial charge in [-0.1, -0.05) is 19.1 Å². The average Bonchev–Trinajstić information content (AvgIpc) is 2.98. The topological polar surface area (TPSA) is 46.2 Å². The summed E-state index contributed by atoms with van der Waals surface area (Å²) in [6.07, 6.45) is 0. The minimum absolute atomic E-state index is 0.00281. The summed E-state index contributed by atoms with van der Waals surface area (Å²) in [5.74, 6) is 0.187. The summed E-state index contributed by atoms with van der Waals surface area (Å²) in [5, 5.41) is 7.05. The molecule has 2 rings (SSSR count). The lowest BCUT2D eigenvalue weighted by Crippen LogP contribution is -2.27. The van der Waals surface area contributed by atoms with Crippen molar-refractivity contribution in [1.29, 1.82) is 0 Å². The van der Waals surface area contributed by atoms with Crippen LogP contribution in [0.4, 0.5) is 0 Å². The molecule has 0 radical (unpaired) electrons. The Hall–Kier alpha value is -1.94. The van der Waals surface area contributed by atoms with E-state index < -0.39 is 0 Å². The van der Waals surface area contributed by atoms with Gasteiger partial charge in [0.1, 0.15) is 0 Å². The first-order valence-corrected chi connectivity index (χ1v) is 7.43. The second kappa shape index (κ2) is 6.48. The Morgan fingerprint density at radius 2 is 1.80 bits per heavy atom. The molecule has 3 nitrogen and oxygen atoms in total. The number of carbonyl (C=O) groups excluding carboxylic acids is 2. The summed E-state index contributed by atoms with van der Waals surface area (Å²) < 4.78 is 0. The molecule has 0 spiro atoms. The summed E-state index contributed by atoms with van der Waals surface area (Å²) in [4.78, 5) is 23.2. The highest BCUT2D eigenvalue weighted by atomic mass is 32.1. The third-order valence-electron chi connectivity index (χ3n) is 3.23. The fourth-order valence-electron chi connectivity index (χ4n) is 1.88. The van der Waals surface area contributed by atoms with Crippen LogP contribution in [0, 0.1) is 0 Å². The molecular weight excluding hydrogens is 270 g/mol. The minimum Gasteiger partial charge on any atom is -0.351 e. The summed E-state index contributed by atoms with van der Waals surface area (Å²) in [5.41, 5.74) is 2.43. The number of nitrogens with one attached hydrogen (secondary N) is 1. The second-order valence-electron chi connectivity index (χ2n) is 4.80. The number of Topliss-reactive ketones (excluding diaryl/α,β-unsaturated/α-hetero) is 1. The van der Waals surface area contributed by atoms with Crippen molar-refractivity contribution in [2.24, 2.45) is 0 Å². The van der Waals surface area contributed by atoms with Gasteiger partial charge in [0, 0.05) is 17.7 Å². The van der Waals surface area contributed by atoms with E-state index in [0.717, 1.165) is 0 Å². The van der Waals surface area contributed by atoms with Crippen LogP contribution in [-0.2, 0) is 0 Å². The first kappa shape index (κ1) is 14.5. The van der Waals surface area contributed by atoms with Gasteiger partial charge < -0.3 is 5.32 Å². The van der Waals surface area contributed by atoms with Crippen LogP contribution < -0.4 is 5.32 Å². The van der Waals surface area contributed by atoms with Crippen LogP contribution in [0.2, 0.25) is 0 Å². The minimum atomic E-state index is -0.109. The van der Waals surface area contributed by atoms with E-state index in [2.05, 4.69) is 23.7 Å². The van der Waals surface area contributed by atoms with E-state index in [0.29, 0.717) is 23.6 Å². The molecule has 20 heavy (non-hydrogen) atoms. The summed E-state index contributed by atoms with van der Waals surface area (Å²) >= 11 is 1.66. The lowest BCUT2D eigenvalue weighted by Gasteiger charge is -2.11. The fourth-order valence-corrected chi connectivity index (χ4v) is 2.66. The number of benzene rings is 1. The summed E-state index contributed by atoms with van der Waals surface area (Å²) in [7, 11) is 0. The maximum Gasteiger partial charge on any atom is 0.251 e. The molecule has 0 aliphatic carbocycles. The van der Waals surface area contributed by atoms with Crippen molar-refractivity contribution < 1.29 is 9.59 Å². The Kier molecular flexibility index (Phi) is 4.69. The molecule has 1 amide bonds. The van der Waals surface area contributed by atoms with Crippen molar-refractivity contribution >= 4 is 23.0 Å². The summed E-state index contributed by atoms with van der Waals surface area (Å²) in [6, 6.07) is 8.80. The highest BCUT2D eigenvalue weighted by molar-refractivity contribution is 7.07. The number of carbonyl (C=O) groups is 2. The molecule has 0 saturated carbocycles. The molecule has 0 saturated heterocycles. The van der Waals surface area contributed by atoms with Crippen LogP contribution in [0.3, 0.4) is 0 Å². The second-order valence-corrected chi connectivity index (χ2v) is 5.58. The highest BCUT2D eigenvalue weighted by Crippen LogP contribution is 2.17. The van der Waals surface area contributed by atoms with Gasteiger partial charge in [0.25, 0.3) is 5.91 Å². The Bertz CT molecular complexity index is 587. The van der Waals surface area contributed by atoms with Gasteiger partial charge in [0.15, 0.2) is 5.78 Å². The van der Waals surface area contributed by atoms with Gasteiger partial charge in [-0.15, -0.1) is 0 Å². The zero-order valence-electron chi connectivity index (χ0n) is 11.6. The van der Waals surface area contributed by atoms with Crippen molar-refractivity contribution in [3.05, 3.63) is 57.8 Å². The molecule has 0 aliphatic heterocycles. The van der Waals surface area contributed by atoms with Crippen molar-refractivity contribution in [2.75, 3.05) is 6.54 Å². The van der Waals surface area contributed by atoms with Gasteiger partial charge in [-0.25, -0.2) is 0 Å². The Labute approximate surface area is 122 Å². The van der Waals surface area contributed by atoms with Crippen LogP contribution in [0.25, 0.3) is 0 Å². The molecule has 0 fully saturated rings. The van der Waals surface area contributed by atoms with E-state index in [9.17, 15) is 9.59 Å². The first-order valence-electron chi connectivity index (χ1n) is 6.49. The van der Waals surface area contributed by atoms with Gasteiger partial charge >= 0.3 is 0 Å². The normalized spacial score (nSPS) is 11.9. The van der Waals surface area contributed by atoms with Gasteiger partial charge in [-0.3, -0.25) is 9.59 Å². The molecule has 4 heteroatoms. The van der Waals surface area contributed by atoms with E-state index in [4.69, 9.17) is 0 Å². The Morgan fingerprint density at radius 1 is 1.15 bits per heavy atom. The number of rotatable bonds is 5. The fraction of sp³-hybridized carbons (Fsp3) is 0.250. The molecule has 104 valence electrons. The SMILES string of the molecule is CC(=O)c1ccc(C(=O)NC[C@H](C)c2ccsc2)cc1. The molecule has 2 aromatic rings. The standard InChI is InChI=1S/C16H17NO2S/c1-11(15-7-8-20-10-15)9-17-16(19)14-5-3-13(4-6-14)12(2)18/h3-8,10-11H,9H2,1-2H3,(H,17,19)/t11-/m0/s1. The van der Waals surface area contributed by atoms with Crippen LogP contribution in [0.15, 0.2) is 41.1 Å². The molecule has 1 atom stereocenters. The van der Waals surface area contributed by atoms with Gasteiger partial charge in [-0.2, -0.15) is 11.3 Å². The van der Waals surface area contributed by atoms with E-state index in [-0.39, 0.29) is 11.7 Å². The smallest absolute Gasteiger partial charge is 0.251 e. The molecule has 1 N–H and O–H groups in total. The third kappa shape index (κ3) is 3.54. The number of thiophene rings is 1. The van der Waals surface area contributed by atoms with E-state index in [1.807, 2.05) is 5.38 Å². The molecule has 0 aliphatic rings. The Morgan fingerprint density at radius 3 is 2.35 bits per heavy atom. The highest BCUT2D eigenvalue weighted by Gasteiger charge is 2.10. The van der Waals surface area contributed by atoms with Crippen molar-refractivity contribution in [2.45, 2.75) is 19.8 Å². The van der Waals surface area contributed by atoms with E-state index >= 15 is 0 Å². The molecule has 1 aromatic heterocycles. The molecule has 1 aromatic carbocycles. The zero-order chi connectivity index (χ0) is 14.5. The van der Waals surface area contributed by atoms with E-state index in [1.54, 1.807) is 35.6 Å². The molecule has 1 heterocycles. The van der Waals surface area contributed by atoms with Crippen LogP contribution in [0.5, 0.6) is 0 Å². The predicted octanol–water partition coefficient (Wildman–Crippen LogP) is 3.48. The predicted molar refractivity (Wildman–Crippen MR) is 81.5 cm³/mol. The zero-order valence-corrected chi connectivity index (χ0v) is 12.4. The van der Waals surface area contributed by atoms with Crippen molar-refractivity contribution in [3.63, 3.8) is 0 Å². The number of amides is 1. The van der Waals surface area contributed by atoms with Gasteiger partial charge in [0.05, 0.1) is 0 Å². The lowest BCUT2D eigenvalue weighted by atomic mass is 10.0. The quantitative estimate of drug-likeness (QED) is 0.856. The molecule has 0 bridgehead atoms. The molecular formula is C16H17NO2S. The van der Waals surface area contributed by atoms with Gasteiger partial charge in [0.2, 0.25) is 0 Å². The van der Waals surface area contributed by atoms with E-state index in [1.165, 1.54) is 12.5 Å². The average molecular weight is 287 g/mol. The Balaban J connectivity index is 1.93. The first-order chi connectivity index (χ1) is 9.58. The summed E-state index contributed by atoms with van der Waals surface area (Å²) in [6.45, 7) is 4.20. The third-order valence-corrected chi connectivity index (χ3v) is 3.94. The van der Waals surface area contributed by atoms with Crippen molar-refractivity contribution in [1.82, 2.24) is 5.32 Å².